The molecule has 0 saturated carbocycles. The first-order valence-electron chi connectivity index (χ1n) is 5.64. The average Bonchev–Trinajstić information content (AvgIpc) is 2.38. The lowest BCUT2D eigenvalue weighted by molar-refractivity contribution is 0.716. The molecule has 0 N–H and O–H groups in total. The number of aryl methyl sites for hydroxylation is 1. The van der Waals surface area contributed by atoms with Gasteiger partial charge in [0, 0.05) is 0 Å². The molecular weight excluding hydrogens is 210 g/mol. The molecule has 0 fully saturated rings. The van der Waals surface area contributed by atoms with E-state index in [1.807, 2.05) is 12.1 Å². The molecule has 0 aromatic heterocycles. The van der Waals surface area contributed by atoms with Crippen LogP contribution in [-0.2, 0) is 6.42 Å². The van der Waals surface area contributed by atoms with Crippen molar-refractivity contribution in [1.29, 1.82) is 15.8 Å². The molecule has 0 aliphatic rings. The van der Waals surface area contributed by atoms with Crippen LogP contribution in [0, 0.1) is 34.0 Å². The van der Waals surface area contributed by atoms with E-state index in [-0.39, 0.29) is 5.56 Å². The number of unbranched alkanes of at least 4 members (excludes halogenated alkanes) is 2. The van der Waals surface area contributed by atoms with Crippen molar-refractivity contribution in [3.63, 3.8) is 0 Å². The second kappa shape index (κ2) is 6.31. The van der Waals surface area contributed by atoms with Crippen LogP contribution in [0.2, 0.25) is 0 Å². The van der Waals surface area contributed by atoms with Gasteiger partial charge in [0.1, 0.15) is 12.1 Å². The molecule has 17 heavy (non-hydrogen) atoms. The van der Waals surface area contributed by atoms with E-state index in [4.69, 9.17) is 15.8 Å². The maximum absolute atomic E-state index is 9.02. The molecule has 0 heterocycles. The third kappa shape index (κ3) is 3.07. The van der Waals surface area contributed by atoms with E-state index < -0.39 is 0 Å². The van der Waals surface area contributed by atoms with Gasteiger partial charge in [-0.05, 0) is 30.5 Å². The highest BCUT2D eigenvalue weighted by molar-refractivity contribution is 5.53. The van der Waals surface area contributed by atoms with Gasteiger partial charge < -0.3 is 0 Å². The molecule has 84 valence electrons. The monoisotopic (exact) mass is 223 g/mol. The van der Waals surface area contributed by atoms with Crippen molar-refractivity contribution in [2.75, 3.05) is 0 Å². The summed E-state index contributed by atoms with van der Waals surface area (Å²) in [6.07, 6.45) is 4.01. The van der Waals surface area contributed by atoms with Gasteiger partial charge >= 0.3 is 0 Å². The predicted octanol–water partition coefficient (Wildman–Crippen LogP) is 3.03. The van der Waals surface area contributed by atoms with Crippen molar-refractivity contribution < 1.29 is 0 Å². The van der Waals surface area contributed by atoms with Crippen molar-refractivity contribution in [2.45, 2.75) is 32.6 Å². The summed E-state index contributed by atoms with van der Waals surface area (Å²) in [5.74, 6) is 0. The molecule has 0 aliphatic heterocycles. The summed E-state index contributed by atoms with van der Waals surface area (Å²) in [5, 5.41) is 26.8. The molecule has 0 unspecified atom stereocenters. The Morgan fingerprint density at radius 2 is 1.47 bits per heavy atom. The maximum Gasteiger partial charge on any atom is 0.101 e. The fourth-order valence-electron chi connectivity index (χ4n) is 1.71. The summed E-state index contributed by atoms with van der Waals surface area (Å²) >= 11 is 0. The molecule has 3 nitrogen and oxygen atoms in total. The number of benzene rings is 1. The van der Waals surface area contributed by atoms with Crippen LogP contribution >= 0.6 is 0 Å². The zero-order valence-electron chi connectivity index (χ0n) is 9.82. The predicted molar refractivity (Wildman–Crippen MR) is 63.8 cm³/mol. The van der Waals surface area contributed by atoms with Gasteiger partial charge in [0.2, 0.25) is 0 Å². The second-order valence-electron chi connectivity index (χ2n) is 3.85. The molecule has 1 aromatic carbocycles. The summed E-state index contributed by atoms with van der Waals surface area (Å²) in [4.78, 5) is 0. The van der Waals surface area contributed by atoms with Gasteiger partial charge in [-0.3, -0.25) is 0 Å². The summed E-state index contributed by atoms with van der Waals surface area (Å²) < 4.78 is 0. The van der Waals surface area contributed by atoms with Crippen molar-refractivity contribution in [3.8, 4) is 18.2 Å². The van der Waals surface area contributed by atoms with E-state index in [0.717, 1.165) is 31.2 Å². The van der Waals surface area contributed by atoms with Crippen LogP contribution in [0.3, 0.4) is 0 Å². The second-order valence-corrected chi connectivity index (χ2v) is 3.85. The molecule has 0 aliphatic carbocycles. The number of nitrogens with zero attached hydrogens (tertiary/aromatic N) is 3. The first-order valence-corrected chi connectivity index (χ1v) is 5.64. The number of hydrogen-bond acceptors (Lipinski definition) is 3. The van der Waals surface area contributed by atoms with Crippen molar-refractivity contribution in [2.24, 2.45) is 0 Å². The highest BCUT2D eigenvalue weighted by atomic mass is 14.3. The van der Waals surface area contributed by atoms with Gasteiger partial charge in [0.25, 0.3) is 0 Å². The molecule has 1 aromatic rings. The van der Waals surface area contributed by atoms with E-state index >= 15 is 0 Å². The quantitative estimate of drug-likeness (QED) is 0.736. The van der Waals surface area contributed by atoms with Crippen LogP contribution in [0.15, 0.2) is 12.1 Å². The summed E-state index contributed by atoms with van der Waals surface area (Å²) in [6.45, 7) is 2.12. The molecule has 0 saturated heterocycles. The van der Waals surface area contributed by atoms with Gasteiger partial charge in [-0.2, -0.15) is 15.8 Å². The van der Waals surface area contributed by atoms with Crippen molar-refractivity contribution in [1.82, 2.24) is 0 Å². The first-order chi connectivity index (χ1) is 8.26. The normalized spacial score (nSPS) is 9.06. The molecule has 3 heteroatoms. The highest BCUT2D eigenvalue weighted by Crippen LogP contribution is 2.18. The Morgan fingerprint density at radius 1 is 0.882 bits per heavy atom. The Bertz CT molecular complexity index is 524. The van der Waals surface area contributed by atoms with E-state index in [1.54, 1.807) is 6.07 Å². The summed E-state index contributed by atoms with van der Waals surface area (Å²) in [6, 6.07) is 9.21. The van der Waals surface area contributed by atoms with Crippen LogP contribution in [0.4, 0.5) is 0 Å². The average molecular weight is 223 g/mol. The first kappa shape index (κ1) is 12.8. The van der Waals surface area contributed by atoms with Crippen molar-refractivity contribution in [3.05, 3.63) is 34.4 Å². The molecule has 0 atom stereocenters. The minimum absolute atomic E-state index is 0.281. The Hall–Kier alpha value is -2.31. The van der Waals surface area contributed by atoms with Crippen LogP contribution in [0.25, 0.3) is 0 Å². The zero-order chi connectivity index (χ0) is 12.7. The molecule has 0 bridgehead atoms. The minimum atomic E-state index is 0.281. The van der Waals surface area contributed by atoms with Gasteiger partial charge in [-0.25, -0.2) is 0 Å². The molecule has 0 spiro atoms. The van der Waals surface area contributed by atoms with Gasteiger partial charge in [0.15, 0.2) is 0 Å². The fraction of sp³-hybridized carbons (Fsp3) is 0.357. The third-order valence-corrected chi connectivity index (χ3v) is 2.65. The Labute approximate surface area is 102 Å². The standard InChI is InChI=1S/C14H13N3/c1-2-3-4-5-11-6-13(9-16)14(10-17)7-12(11)8-15/h6-7H,2-5H2,1H3. The SMILES string of the molecule is CCCCCc1cc(C#N)c(C#N)cc1C#N. The molecule has 0 radical (unpaired) electrons. The largest absolute Gasteiger partial charge is 0.192 e. The zero-order valence-corrected chi connectivity index (χ0v) is 9.82. The van der Waals surface area contributed by atoms with Crippen LogP contribution < -0.4 is 0 Å². The van der Waals surface area contributed by atoms with Gasteiger partial charge in [-0.1, -0.05) is 19.8 Å². The molecule has 1 rings (SSSR count). The van der Waals surface area contributed by atoms with E-state index in [1.165, 1.54) is 6.07 Å². The lowest BCUT2D eigenvalue weighted by Gasteiger charge is -2.05. The Kier molecular flexibility index (Phi) is 4.74. The van der Waals surface area contributed by atoms with E-state index in [0.29, 0.717) is 11.1 Å². The van der Waals surface area contributed by atoms with E-state index in [9.17, 15) is 0 Å². The van der Waals surface area contributed by atoms with Gasteiger partial charge in [0.05, 0.1) is 22.8 Å². The molecule has 0 amide bonds. The minimum Gasteiger partial charge on any atom is -0.192 e. The smallest absolute Gasteiger partial charge is 0.101 e. The lowest BCUT2D eigenvalue weighted by atomic mass is 9.96. The number of rotatable bonds is 4. The third-order valence-electron chi connectivity index (χ3n) is 2.65. The van der Waals surface area contributed by atoms with Crippen LogP contribution in [0.1, 0.15) is 48.4 Å². The lowest BCUT2D eigenvalue weighted by Crippen LogP contribution is -1.95. The van der Waals surface area contributed by atoms with Crippen molar-refractivity contribution >= 4 is 0 Å². The van der Waals surface area contributed by atoms with E-state index in [2.05, 4.69) is 13.0 Å². The molecular formula is C14H13N3. The maximum atomic E-state index is 9.02. The summed E-state index contributed by atoms with van der Waals surface area (Å²) in [7, 11) is 0. The Balaban J connectivity index is 3.09. The fourth-order valence-corrected chi connectivity index (χ4v) is 1.71. The topological polar surface area (TPSA) is 71.4 Å². The van der Waals surface area contributed by atoms with Gasteiger partial charge in [-0.15, -0.1) is 0 Å². The highest BCUT2D eigenvalue weighted by Gasteiger charge is 2.09. The van der Waals surface area contributed by atoms with Crippen LogP contribution in [-0.4, -0.2) is 0 Å². The number of hydrogen-bond donors (Lipinski definition) is 0. The number of nitriles is 3. The Morgan fingerprint density at radius 3 is 2.00 bits per heavy atom. The summed E-state index contributed by atoms with van der Waals surface area (Å²) in [5.41, 5.74) is 2.02. The van der Waals surface area contributed by atoms with Crippen LogP contribution in [0.5, 0.6) is 0 Å².